The van der Waals surface area contributed by atoms with Gasteiger partial charge in [-0.2, -0.15) is 0 Å². The molecule has 128 valence electrons. The molecule has 3 rings (SSSR count). The quantitative estimate of drug-likeness (QED) is 0.737. The molecule has 2 aromatic carbocycles. The van der Waals surface area contributed by atoms with E-state index in [9.17, 15) is 0 Å². The average Bonchev–Trinajstić information content (AvgIpc) is 3.05. The van der Waals surface area contributed by atoms with Crippen LogP contribution in [0.5, 0.6) is 5.75 Å². The highest BCUT2D eigenvalue weighted by Crippen LogP contribution is 2.18. The van der Waals surface area contributed by atoms with Gasteiger partial charge in [0.1, 0.15) is 12.4 Å². The van der Waals surface area contributed by atoms with E-state index in [-0.39, 0.29) is 0 Å². The molecule has 1 aliphatic rings. The van der Waals surface area contributed by atoms with E-state index in [2.05, 4.69) is 59.5 Å². The molecular weight excluding hydrogens is 298 g/mol. The fraction of sp³-hybridized carbons (Fsp3) is 0.429. The van der Waals surface area contributed by atoms with Gasteiger partial charge in [-0.25, -0.2) is 0 Å². The Labute approximate surface area is 145 Å². The first-order valence-electron chi connectivity index (χ1n) is 8.84. The first kappa shape index (κ1) is 17.0. The van der Waals surface area contributed by atoms with Crippen LogP contribution >= 0.6 is 0 Å². The van der Waals surface area contributed by atoms with E-state index in [0.29, 0.717) is 6.04 Å². The van der Waals surface area contributed by atoms with Crippen molar-refractivity contribution in [1.82, 2.24) is 4.90 Å². The highest BCUT2D eigenvalue weighted by Gasteiger charge is 2.23. The zero-order chi connectivity index (χ0) is 16.6. The van der Waals surface area contributed by atoms with Gasteiger partial charge in [0.2, 0.25) is 0 Å². The molecule has 1 saturated heterocycles. The van der Waals surface area contributed by atoms with Crippen LogP contribution in [0.4, 0.5) is 0 Å². The molecular formula is C21H27NO2. The summed E-state index contributed by atoms with van der Waals surface area (Å²) in [7, 11) is 1.78. The van der Waals surface area contributed by atoms with Crippen LogP contribution in [0.2, 0.25) is 0 Å². The smallest absolute Gasteiger partial charge is 0.119 e. The van der Waals surface area contributed by atoms with Crippen LogP contribution in [0.3, 0.4) is 0 Å². The first-order valence-corrected chi connectivity index (χ1v) is 8.84. The molecule has 0 aromatic heterocycles. The van der Waals surface area contributed by atoms with Crippen molar-refractivity contribution in [2.75, 3.05) is 33.4 Å². The fourth-order valence-electron chi connectivity index (χ4n) is 3.39. The molecule has 3 nitrogen and oxygen atoms in total. The lowest BCUT2D eigenvalue weighted by Gasteiger charge is -2.23. The van der Waals surface area contributed by atoms with Crippen LogP contribution in [0.1, 0.15) is 24.0 Å². The maximum absolute atomic E-state index is 5.92. The van der Waals surface area contributed by atoms with Gasteiger partial charge in [-0.1, -0.05) is 42.5 Å². The third-order valence-electron chi connectivity index (χ3n) is 4.68. The van der Waals surface area contributed by atoms with Crippen molar-refractivity contribution in [3.8, 4) is 5.75 Å². The highest BCUT2D eigenvalue weighted by atomic mass is 16.5. The first-order chi connectivity index (χ1) is 11.8. The highest BCUT2D eigenvalue weighted by molar-refractivity contribution is 5.31. The minimum Gasteiger partial charge on any atom is -0.492 e. The average molecular weight is 325 g/mol. The van der Waals surface area contributed by atoms with E-state index in [4.69, 9.17) is 9.47 Å². The number of methoxy groups -OCH3 is 1. The fourth-order valence-corrected chi connectivity index (χ4v) is 3.39. The molecule has 1 aliphatic heterocycles. The van der Waals surface area contributed by atoms with Crippen molar-refractivity contribution in [3.05, 3.63) is 65.7 Å². The Morgan fingerprint density at radius 3 is 2.50 bits per heavy atom. The Hall–Kier alpha value is -1.84. The third-order valence-corrected chi connectivity index (χ3v) is 4.68. The van der Waals surface area contributed by atoms with Crippen LogP contribution in [0.15, 0.2) is 54.6 Å². The van der Waals surface area contributed by atoms with Gasteiger partial charge in [0.15, 0.2) is 0 Å². The van der Waals surface area contributed by atoms with Gasteiger partial charge in [0, 0.05) is 19.7 Å². The lowest BCUT2D eigenvalue weighted by molar-refractivity contribution is 0.105. The van der Waals surface area contributed by atoms with Crippen molar-refractivity contribution < 1.29 is 9.47 Å². The maximum Gasteiger partial charge on any atom is 0.119 e. The van der Waals surface area contributed by atoms with Gasteiger partial charge >= 0.3 is 0 Å². The molecule has 1 heterocycles. The Kier molecular flexibility index (Phi) is 6.27. The second kappa shape index (κ2) is 8.86. The third kappa shape index (κ3) is 4.83. The van der Waals surface area contributed by atoms with Crippen molar-refractivity contribution in [2.45, 2.75) is 25.3 Å². The van der Waals surface area contributed by atoms with E-state index in [0.717, 1.165) is 38.5 Å². The summed E-state index contributed by atoms with van der Waals surface area (Å²) in [6.07, 6.45) is 3.47. The minimum atomic E-state index is 0.562. The van der Waals surface area contributed by atoms with E-state index < -0.39 is 0 Å². The summed E-state index contributed by atoms with van der Waals surface area (Å²) in [5, 5.41) is 0. The molecule has 24 heavy (non-hydrogen) atoms. The second-order valence-electron chi connectivity index (χ2n) is 6.44. The minimum absolute atomic E-state index is 0.562. The van der Waals surface area contributed by atoms with E-state index in [1.54, 1.807) is 7.11 Å². The largest absolute Gasteiger partial charge is 0.492 e. The standard InChI is InChI=1S/C21H27NO2/c1-23-17-20-8-5-13-22(20)14-15-24-21-11-9-19(10-12-21)16-18-6-3-2-4-7-18/h2-4,6-7,9-12,20H,5,8,13-17H2,1H3/t20-/m0/s1. The van der Waals surface area contributed by atoms with Gasteiger partial charge in [-0.05, 0) is 49.1 Å². The van der Waals surface area contributed by atoms with Gasteiger partial charge in [0.05, 0.1) is 6.61 Å². The predicted octanol–water partition coefficient (Wildman–Crippen LogP) is 3.77. The Morgan fingerprint density at radius 2 is 1.75 bits per heavy atom. The van der Waals surface area contributed by atoms with Gasteiger partial charge in [-0.3, -0.25) is 4.90 Å². The molecule has 0 bridgehead atoms. The number of benzene rings is 2. The Bertz CT molecular complexity index is 597. The molecule has 0 radical (unpaired) electrons. The molecule has 2 aromatic rings. The Balaban J connectivity index is 1.44. The number of nitrogens with zero attached hydrogens (tertiary/aromatic N) is 1. The van der Waals surface area contributed by atoms with Crippen molar-refractivity contribution >= 4 is 0 Å². The molecule has 0 spiro atoms. The number of ether oxygens (including phenoxy) is 2. The van der Waals surface area contributed by atoms with Gasteiger partial charge < -0.3 is 9.47 Å². The number of hydrogen-bond acceptors (Lipinski definition) is 3. The van der Waals surface area contributed by atoms with Gasteiger partial charge in [0.25, 0.3) is 0 Å². The number of likely N-dealkylation sites (tertiary alicyclic amines) is 1. The molecule has 3 heteroatoms. The zero-order valence-corrected chi connectivity index (χ0v) is 14.5. The van der Waals surface area contributed by atoms with Crippen LogP contribution in [-0.2, 0) is 11.2 Å². The summed E-state index contributed by atoms with van der Waals surface area (Å²) in [4.78, 5) is 2.48. The molecule has 1 atom stereocenters. The van der Waals surface area contributed by atoms with E-state index >= 15 is 0 Å². The van der Waals surface area contributed by atoms with Crippen molar-refractivity contribution in [3.63, 3.8) is 0 Å². The van der Waals surface area contributed by atoms with Crippen molar-refractivity contribution in [2.24, 2.45) is 0 Å². The topological polar surface area (TPSA) is 21.7 Å². The van der Waals surface area contributed by atoms with Gasteiger partial charge in [-0.15, -0.1) is 0 Å². The summed E-state index contributed by atoms with van der Waals surface area (Å²) in [5.41, 5.74) is 2.65. The van der Waals surface area contributed by atoms with E-state index in [1.807, 2.05) is 0 Å². The molecule has 0 aliphatic carbocycles. The molecule has 0 unspecified atom stereocenters. The SMILES string of the molecule is COC[C@@H]1CCCN1CCOc1ccc(Cc2ccccc2)cc1. The summed E-state index contributed by atoms with van der Waals surface area (Å²) < 4.78 is 11.2. The summed E-state index contributed by atoms with van der Waals surface area (Å²) in [6, 6.07) is 19.6. The van der Waals surface area contributed by atoms with Crippen LogP contribution in [0, 0.1) is 0 Å². The molecule has 0 saturated carbocycles. The summed E-state index contributed by atoms with van der Waals surface area (Å²) in [6.45, 7) is 3.69. The Morgan fingerprint density at radius 1 is 1.00 bits per heavy atom. The predicted molar refractivity (Wildman–Crippen MR) is 97.7 cm³/mol. The maximum atomic E-state index is 5.92. The van der Waals surface area contributed by atoms with Crippen LogP contribution in [-0.4, -0.2) is 44.4 Å². The number of rotatable bonds is 8. The number of hydrogen-bond donors (Lipinski definition) is 0. The normalized spacial score (nSPS) is 18.0. The van der Waals surface area contributed by atoms with Crippen LogP contribution in [0.25, 0.3) is 0 Å². The summed E-state index contributed by atoms with van der Waals surface area (Å²) >= 11 is 0. The monoisotopic (exact) mass is 325 g/mol. The molecule has 0 N–H and O–H groups in total. The summed E-state index contributed by atoms with van der Waals surface area (Å²) in [5.74, 6) is 0.953. The molecule has 0 amide bonds. The lowest BCUT2D eigenvalue weighted by Crippen LogP contribution is -2.35. The van der Waals surface area contributed by atoms with Crippen molar-refractivity contribution in [1.29, 1.82) is 0 Å². The lowest BCUT2D eigenvalue weighted by atomic mass is 10.1. The second-order valence-corrected chi connectivity index (χ2v) is 6.44. The zero-order valence-electron chi connectivity index (χ0n) is 14.5. The molecule has 1 fully saturated rings. The van der Waals surface area contributed by atoms with Crippen LogP contribution < -0.4 is 4.74 Å². The van der Waals surface area contributed by atoms with E-state index in [1.165, 1.54) is 24.0 Å².